The highest BCUT2D eigenvalue weighted by Crippen LogP contribution is 2.19. The molecule has 0 bridgehead atoms. The molecule has 0 amide bonds. The molecule has 0 saturated heterocycles. The summed E-state index contributed by atoms with van der Waals surface area (Å²) in [5.74, 6) is 2.59. The van der Waals surface area contributed by atoms with E-state index in [4.69, 9.17) is 12.2 Å². The molecule has 0 aliphatic rings. The van der Waals surface area contributed by atoms with Gasteiger partial charge in [0.05, 0.1) is 6.54 Å². The number of rotatable bonds is 2. The van der Waals surface area contributed by atoms with E-state index in [1.807, 2.05) is 37.1 Å². The number of aryl methyl sites for hydroxylation is 1. The van der Waals surface area contributed by atoms with Crippen molar-refractivity contribution in [3.05, 3.63) is 23.8 Å². The molecule has 1 aromatic rings. The van der Waals surface area contributed by atoms with Crippen molar-refractivity contribution < 1.29 is 0 Å². The normalized spacial score (nSPS) is 9.31. The highest BCUT2D eigenvalue weighted by atomic mass is 15.1. The average Bonchev–Trinajstić information content (AvgIpc) is 2.10. The van der Waals surface area contributed by atoms with Crippen molar-refractivity contribution in [2.75, 3.05) is 24.2 Å². The lowest BCUT2D eigenvalue weighted by Crippen LogP contribution is -2.17. The van der Waals surface area contributed by atoms with Crippen LogP contribution < -0.4 is 10.6 Å². The Kier molecular flexibility index (Phi) is 2.81. The summed E-state index contributed by atoms with van der Waals surface area (Å²) in [6, 6.07) is 5.95. The van der Waals surface area contributed by atoms with Crippen molar-refractivity contribution in [3.63, 3.8) is 0 Å². The van der Waals surface area contributed by atoms with Crippen LogP contribution in [-0.4, -0.2) is 13.6 Å². The minimum absolute atomic E-state index is 0.600. The first-order valence-electron chi connectivity index (χ1n) is 4.16. The van der Waals surface area contributed by atoms with Crippen LogP contribution >= 0.6 is 0 Å². The van der Waals surface area contributed by atoms with Crippen molar-refractivity contribution in [2.45, 2.75) is 6.92 Å². The molecule has 1 rings (SSSR count). The van der Waals surface area contributed by atoms with Gasteiger partial charge in [-0.2, -0.15) is 0 Å². The van der Waals surface area contributed by atoms with E-state index in [9.17, 15) is 0 Å². The predicted octanol–water partition coefficient (Wildman–Crippen LogP) is 1.65. The molecular weight excluding hydrogens is 160 g/mol. The molecule has 13 heavy (non-hydrogen) atoms. The lowest BCUT2D eigenvalue weighted by molar-refractivity contribution is 1.05. The zero-order valence-corrected chi connectivity index (χ0v) is 8.04. The van der Waals surface area contributed by atoms with E-state index >= 15 is 0 Å². The standard InChI is InChI=1S/C11H14N2/c1-4-7-13(3)10-6-5-9(2)11(12)8-10/h1,5-6,8H,7,12H2,2-3H3. The van der Waals surface area contributed by atoms with Crippen molar-refractivity contribution in [3.8, 4) is 12.3 Å². The van der Waals surface area contributed by atoms with E-state index in [-0.39, 0.29) is 0 Å². The Morgan fingerprint density at radius 3 is 2.77 bits per heavy atom. The number of benzene rings is 1. The third-order valence-electron chi connectivity index (χ3n) is 2.03. The number of nitrogen functional groups attached to an aromatic ring is 1. The maximum atomic E-state index is 5.78. The van der Waals surface area contributed by atoms with Crippen LogP contribution in [0.25, 0.3) is 0 Å². The quantitative estimate of drug-likeness (QED) is 0.545. The molecule has 0 aliphatic heterocycles. The fraction of sp³-hybridized carbons (Fsp3) is 0.273. The molecule has 0 fully saturated rings. The number of anilines is 2. The van der Waals surface area contributed by atoms with Crippen molar-refractivity contribution in [2.24, 2.45) is 0 Å². The summed E-state index contributed by atoms with van der Waals surface area (Å²) in [5.41, 5.74) is 8.73. The summed E-state index contributed by atoms with van der Waals surface area (Å²) in [6.45, 7) is 2.59. The molecule has 2 N–H and O–H groups in total. The van der Waals surface area contributed by atoms with Gasteiger partial charge in [0.2, 0.25) is 0 Å². The zero-order chi connectivity index (χ0) is 9.84. The van der Waals surface area contributed by atoms with Crippen LogP contribution in [0, 0.1) is 19.3 Å². The van der Waals surface area contributed by atoms with Crippen LogP contribution in [0.4, 0.5) is 11.4 Å². The summed E-state index contributed by atoms with van der Waals surface area (Å²) in [6.07, 6.45) is 5.21. The van der Waals surface area contributed by atoms with Crippen LogP contribution in [0.5, 0.6) is 0 Å². The molecule has 2 heteroatoms. The van der Waals surface area contributed by atoms with Gasteiger partial charge >= 0.3 is 0 Å². The number of nitrogens with two attached hydrogens (primary N) is 1. The second-order valence-corrected chi connectivity index (χ2v) is 3.10. The molecule has 0 heterocycles. The summed E-state index contributed by atoms with van der Waals surface area (Å²) >= 11 is 0. The predicted molar refractivity (Wildman–Crippen MR) is 57.7 cm³/mol. The average molecular weight is 174 g/mol. The Morgan fingerprint density at radius 1 is 1.54 bits per heavy atom. The molecule has 1 aromatic carbocycles. The minimum Gasteiger partial charge on any atom is -0.398 e. The lowest BCUT2D eigenvalue weighted by Gasteiger charge is -2.16. The van der Waals surface area contributed by atoms with Crippen molar-refractivity contribution >= 4 is 11.4 Å². The van der Waals surface area contributed by atoms with Crippen LogP contribution in [0.1, 0.15) is 5.56 Å². The fourth-order valence-corrected chi connectivity index (χ4v) is 1.09. The third-order valence-corrected chi connectivity index (χ3v) is 2.03. The Bertz CT molecular complexity index is 336. The van der Waals surface area contributed by atoms with Gasteiger partial charge in [-0.3, -0.25) is 0 Å². The number of hydrogen-bond acceptors (Lipinski definition) is 2. The van der Waals surface area contributed by atoms with Crippen LogP contribution in [0.2, 0.25) is 0 Å². The van der Waals surface area contributed by atoms with Gasteiger partial charge in [0.15, 0.2) is 0 Å². The molecule has 0 spiro atoms. The van der Waals surface area contributed by atoms with Gasteiger partial charge in [-0.15, -0.1) is 6.42 Å². The second-order valence-electron chi connectivity index (χ2n) is 3.10. The maximum absolute atomic E-state index is 5.78. The van der Waals surface area contributed by atoms with Gasteiger partial charge in [-0.25, -0.2) is 0 Å². The number of terminal acetylenes is 1. The molecule has 0 atom stereocenters. The monoisotopic (exact) mass is 174 g/mol. The summed E-state index contributed by atoms with van der Waals surface area (Å²) in [5, 5.41) is 0. The smallest absolute Gasteiger partial charge is 0.0788 e. The van der Waals surface area contributed by atoms with E-state index in [0.717, 1.165) is 16.9 Å². The molecule has 0 unspecified atom stereocenters. The first-order valence-corrected chi connectivity index (χ1v) is 4.16. The van der Waals surface area contributed by atoms with Crippen LogP contribution in [0.3, 0.4) is 0 Å². The Labute approximate surface area is 79.4 Å². The maximum Gasteiger partial charge on any atom is 0.0788 e. The van der Waals surface area contributed by atoms with Gasteiger partial charge < -0.3 is 10.6 Å². The van der Waals surface area contributed by atoms with Gasteiger partial charge in [0, 0.05) is 18.4 Å². The molecule has 0 radical (unpaired) electrons. The second kappa shape index (κ2) is 3.86. The molecule has 0 aliphatic carbocycles. The van der Waals surface area contributed by atoms with Gasteiger partial charge in [0.25, 0.3) is 0 Å². The summed E-state index contributed by atoms with van der Waals surface area (Å²) in [7, 11) is 1.95. The molecule has 68 valence electrons. The van der Waals surface area contributed by atoms with Crippen molar-refractivity contribution in [1.29, 1.82) is 0 Å². The Morgan fingerprint density at radius 2 is 2.23 bits per heavy atom. The van der Waals surface area contributed by atoms with Gasteiger partial charge in [-0.1, -0.05) is 12.0 Å². The van der Waals surface area contributed by atoms with E-state index in [1.165, 1.54) is 0 Å². The highest BCUT2D eigenvalue weighted by Gasteiger charge is 2.00. The van der Waals surface area contributed by atoms with E-state index in [1.54, 1.807) is 0 Å². The molecule has 0 saturated carbocycles. The van der Waals surface area contributed by atoms with Crippen molar-refractivity contribution in [1.82, 2.24) is 0 Å². The summed E-state index contributed by atoms with van der Waals surface area (Å²) < 4.78 is 0. The van der Waals surface area contributed by atoms with Crippen LogP contribution in [0.15, 0.2) is 18.2 Å². The minimum atomic E-state index is 0.600. The van der Waals surface area contributed by atoms with Crippen LogP contribution in [-0.2, 0) is 0 Å². The fourth-order valence-electron chi connectivity index (χ4n) is 1.09. The number of hydrogen-bond donors (Lipinski definition) is 1. The molecule has 2 nitrogen and oxygen atoms in total. The lowest BCUT2D eigenvalue weighted by atomic mass is 10.2. The Hall–Kier alpha value is -1.62. The highest BCUT2D eigenvalue weighted by molar-refractivity contribution is 5.59. The van der Waals surface area contributed by atoms with E-state index < -0.39 is 0 Å². The SMILES string of the molecule is C#CCN(C)c1ccc(C)c(N)c1. The topological polar surface area (TPSA) is 29.3 Å². The zero-order valence-electron chi connectivity index (χ0n) is 8.04. The third kappa shape index (κ3) is 2.16. The van der Waals surface area contributed by atoms with Gasteiger partial charge in [0.1, 0.15) is 0 Å². The summed E-state index contributed by atoms with van der Waals surface area (Å²) in [4.78, 5) is 1.98. The van der Waals surface area contributed by atoms with Gasteiger partial charge in [-0.05, 0) is 24.6 Å². The molecule has 0 aromatic heterocycles. The van der Waals surface area contributed by atoms with E-state index in [0.29, 0.717) is 6.54 Å². The first kappa shape index (κ1) is 9.47. The first-order chi connectivity index (χ1) is 6.15. The number of nitrogens with zero attached hydrogens (tertiary/aromatic N) is 1. The largest absolute Gasteiger partial charge is 0.398 e. The Balaban J connectivity index is 2.91. The van der Waals surface area contributed by atoms with E-state index in [2.05, 4.69) is 5.92 Å². The molecular formula is C11H14N2.